The van der Waals surface area contributed by atoms with Crippen molar-refractivity contribution in [3.63, 3.8) is 0 Å². The first kappa shape index (κ1) is 12.6. The van der Waals surface area contributed by atoms with Crippen LogP contribution in [0.3, 0.4) is 0 Å². The van der Waals surface area contributed by atoms with Crippen LogP contribution < -0.4 is 0 Å². The largest absolute Gasteiger partial charge is 0.469 e. The molecule has 96 valence electrons. The topological polar surface area (TPSA) is 82.0 Å². The highest BCUT2D eigenvalue weighted by atomic mass is 16.5. The number of nitriles is 1. The number of imidazole rings is 1. The number of aromatic amines is 1. The minimum atomic E-state index is -0.189. The number of hydrogen-bond donors (Lipinski definition) is 1. The summed E-state index contributed by atoms with van der Waals surface area (Å²) < 4.78 is 4.86. The fourth-order valence-corrected chi connectivity index (χ4v) is 2.48. The van der Waals surface area contributed by atoms with Crippen molar-refractivity contribution in [3.05, 3.63) is 18.2 Å². The number of esters is 1. The summed E-state index contributed by atoms with van der Waals surface area (Å²) >= 11 is 0. The zero-order valence-electron chi connectivity index (χ0n) is 10.3. The van der Waals surface area contributed by atoms with E-state index >= 15 is 0 Å². The van der Waals surface area contributed by atoms with Gasteiger partial charge >= 0.3 is 5.97 Å². The molecule has 1 aromatic rings. The first-order valence-electron chi connectivity index (χ1n) is 5.91. The third kappa shape index (κ3) is 2.51. The molecule has 6 heteroatoms. The molecule has 1 aromatic heterocycles. The number of carbonyl (C=O) groups is 1. The van der Waals surface area contributed by atoms with Crippen LogP contribution >= 0.6 is 0 Å². The maximum Gasteiger partial charge on any atom is 0.309 e. The van der Waals surface area contributed by atoms with E-state index in [0.717, 1.165) is 12.2 Å². The molecular weight excluding hydrogens is 232 g/mol. The second-order valence-electron chi connectivity index (χ2n) is 4.42. The molecule has 0 aliphatic carbocycles. The van der Waals surface area contributed by atoms with Gasteiger partial charge in [0.15, 0.2) is 0 Å². The number of piperidine rings is 1. The molecule has 0 bridgehead atoms. The highest BCUT2D eigenvalue weighted by Crippen LogP contribution is 2.31. The summed E-state index contributed by atoms with van der Waals surface area (Å²) in [7, 11) is 1.41. The molecule has 6 nitrogen and oxygen atoms in total. The molecule has 1 aliphatic rings. The Morgan fingerprint density at radius 1 is 1.78 bits per heavy atom. The summed E-state index contributed by atoms with van der Waals surface area (Å²) in [5.74, 6) is -0.335. The predicted octanol–water partition coefficient (Wildman–Crippen LogP) is 0.512. The van der Waals surface area contributed by atoms with Gasteiger partial charge in [0.1, 0.15) is 0 Å². The van der Waals surface area contributed by atoms with Gasteiger partial charge in [-0.15, -0.1) is 0 Å². The molecule has 1 aliphatic heterocycles. The zero-order valence-corrected chi connectivity index (χ0v) is 10.3. The van der Waals surface area contributed by atoms with Crippen LogP contribution in [-0.4, -0.2) is 47.6 Å². The van der Waals surface area contributed by atoms with Gasteiger partial charge in [-0.2, -0.15) is 5.26 Å². The third-order valence-electron chi connectivity index (χ3n) is 3.41. The molecule has 0 amide bonds. The average molecular weight is 248 g/mol. The van der Waals surface area contributed by atoms with Gasteiger partial charge < -0.3 is 9.72 Å². The molecule has 1 fully saturated rings. The lowest BCUT2D eigenvalue weighted by molar-refractivity contribution is -0.147. The number of H-pyrrole nitrogens is 1. The van der Waals surface area contributed by atoms with E-state index in [-0.39, 0.29) is 17.8 Å². The zero-order chi connectivity index (χ0) is 13.0. The Kier molecular flexibility index (Phi) is 3.95. The van der Waals surface area contributed by atoms with Gasteiger partial charge in [0, 0.05) is 30.9 Å². The van der Waals surface area contributed by atoms with Crippen LogP contribution in [0.4, 0.5) is 0 Å². The van der Waals surface area contributed by atoms with Gasteiger partial charge in [0.25, 0.3) is 0 Å². The summed E-state index contributed by atoms with van der Waals surface area (Å²) in [6, 6.07) is 2.15. The highest BCUT2D eigenvalue weighted by Gasteiger charge is 2.36. The van der Waals surface area contributed by atoms with E-state index < -0.39 is 0 Å². The quantitative estimate of drug-likeness (QED) is 0.622. The lowest BCUT2D eigenvalue weighted by atomic mass is 9.83. The number of nitrogens with zero attached hydrogens (tertiary/aromatic N) is 3. The van der Waals surface area contributed by atoms with Gasteiger partial charge in [-0.3, -0.25) is 9.69 Å². The molecule has 18 heavy (non-hydrogen) atoms. The fourth-order valence-electron chi connectivity index (χ4n) is 2.48. The normalized spacial score (nSPS) is 24.4. The lowest BCUT2D eigenvalue weighted by Crippen LogP contribution is -2.42. The Morgan fingerprint density at radius 3 is 3.22 bits per heavy atom. The Balaban J connectivity index is 2.16. The molecule has 2 rings (SSSR count). The SMILES string of the molecule is COC(=O)C1CCN(CC#N)CC1c1cnc[nH]1. The summed E-state index contributed by atoms with van der Waals surface area (Å²) in [4.78, 5) is 20.9. The second kappa shape index (κ2) is 5.65. The molecule has 1 saturated heterocycles. The van der Waals surface area contributed by atoms with Crippen molar-refractivity contribution in [1.29, 1.82) is 5.26 Å². The van der Waals surface area contributed by atoms with Crippen molar-refractivity contribution < 1.29 is 9.53 Å². The van der Waals surface area contributed by atoms with Crippen molar-refractivity contribution in [2.24, 2.45) is 5.92 Å². The molecular formula is C12H16N4O2. The molecule has 2 unspecified atom stereocenters. The van der Waals surface area contributed by atoms with Crippen LogP contribution in [-0.2, 0) is 9.53 Å². The standard InChI is InChI=1S/C12H16N4O2/c1-18-12(17)9-2-4-16(5-3-13)7-10(9)11-6-14-8-15-11/h6,8-10H,2,4-5,7H2,1H3,(H,14,15). The fraction of sp³-hybridized carbons (Fsp3) is 0.583. The van der Waals surface area contributed by atoms with Crippen LogP contribution in [0.25, 0.3) is 0 Å². The van der Waals surface area contributed by atoms with E-state index in [9.17, 15) is 4.79 Å². The van der Waals surface area contributed by atoms with Crippen molar-refractivity contribution in [2.75, 3.05) is 26.7 Å². The minimum absolute atomic E-state index is 0.0158. The first-order chi connectivity index (χ1) is 8.76. The van der Waals surface area contributed by atoms with E-state index in [1.807, 2.05) is 4.90 Å². The van der Waals surface area contributed by atoms with E-state index in [0.29, 0.717) is 19.5 Å². The summed E-state index contributed by atoms with van der Waals surface area (Å²) in [5, 5.41) is 8.75. The lowest BCUT2D eigenvalue weighted by Gasteiger charge is -2.35. The maximum atomic E-state index is 11.8. The number of ether oxygens (including phenoxy) is 1. The van der Waals surface area contributed by atoms with Gasteiger partial charge in [-0.1, -0.05) is 0 Å². The Hall–Kier alpha value is -1.87. The molecule has 2 atom stereocenters. The van der Waals surface area contributed by atoms with E-state index in [1.165, 1.54) is 7.11 Å². The van der Waals surface area contributed by atoms with E-state index in [4.69, 9.17) is 10.00 Å². The van der Waals surface area contributed by atoms with Crippen molar-refractivity contribution in [3.8, 4) is 6.07 Å². The van der Waals surface area contributed by atoms with Crippen LogP contribution in [0.15, 0.2) is 12.5 Å². The maximum absolute atomic E-state index is 11.8. The van der Waals surface area contributed by atoms with Gasteiger partial charge in [0.2, 0.25) is 0 Å². The molecule has 0 saturated carbocycles. The Bertz CT molecular complexity index is 437. The van der Waals surface area contributed by atoms with Crippen molar-refractivity contribution in [1.82, 2.24) is 14.9 Å². The highest BCUT2D eigenvalue weighted by molar-refractivity contribution is 5.73. The first-order valence-corrected chi connectivity index (χ1v) is 5.91. The smallest absolute Gasteiger partial charge is 0.309 e. The minimum Gasteiger partial charge on any atom is -0.469 e. The van der Waals surface area contributed by atoms with Crippen LogP contribution in [0.1, 0.15) is 18.0 Å². The number of methoxy groups -OCH3 is 1. The molecule has 0 spiro atoms. The number of nitrogens with one attached hydrogen (secondary N) is 1. The monoisotopic (exact) mass is 248 g/mol. The van der Waals surface area contributed by atoms with Crippen molar-refractivity contribution in [2.45, 2.75) is 12.3 Å². The van der Waals surface area contributed by atoms with E-state index in [1.54, 1.807) is 12.5 Å². The second-order valence-corrected chi connectivity index (χ2v) is 4.42. The predicted molar refractivity (Wildman–Crippen MR) is 63.5 cm³/mol. The van der Waals surface area contributed by atoms with Gasteiger partial charge in [0.05, 0.1) is 32.0 Å². The number of carbonyl (C=O) groups excluding carboxylic acids is 1. The van der Waals surface area contributed by atoms with E-state index in [2.05, 4.69) is 16.0 Å². The Labute approximate surface area is 106 Å². The van der Waals surface area contributed by atoms with Crippen LogP contribution in [0.5, 0.6) is 0 Å². The number of hydrogen-bond acceptors (Lipinski definition) is 5. The van der Waals surface area contributed by atoms with Crippen molar-refractivity contribution >= 4 is 5.97 Å². The molecule has 2 heterocycles. The van der Waals surface area contributed by atoms with Crippen LogP contribution in [0.2, 0.25) is 0 Å². The average Bonchev–Trinajstić information content (AvgIpc) is 2.92. The summed E-state index contributed by atoms with van der Waals surface area (Å²) in [6.07, 6.45) is 4.04. The number of likely N-dealkylation sites (tertiary alicyclic amines) is 1. The third-order valence-corrected chi connectivity index (χ3v) is 3.41. The van der Waals surface area contributed by atoms with Crippen LogP contribution in [0, 0.1) is 17.2 Å². The van der Waals surface area contributed by atoms with Gasteiger partial charge in [-0.25, -0.2) is 4.98 Å². The summed E-state index contributed by atoms with van der Waals surface area (Å²) in [6.45, 7) is 1.81. The molecule has 1 N–H and O–H groups in total. The summed E-state index contributed by atoms with van der Waals surface area (Å²) in [5.41, 5.74) is 0.924. The van der Waals surface area contributed by atoms with Gasteiger partial charge in [-0.05, 0) is 6.42 Å². The Morgan fingerprint density at radius 2 is 2.61 bits per heavy atom. The molecule has 0 radical (unpaired) electrons. The molecule has 0 aromatic carbocycles. The number of aromatic nitrogens is 2. The number of rotatable bonds is 3.